The first-order valence-corrected chi connectivity index (χ1v) is 5.81. The van der Waals surface area contributed by atoms with Gasteiger partial charge in [-0.3, -0.25) is 4.79 Å². The number of hydrogen-bond donors (Lipinski definition) is 2. The molecule has 7 nitrogen and oxygen atoms in total. The summed E-state index contributed by atoms with van der Waals surface area (Å²) in [5, 5.41) is 11.7. The lowest BCUT2D eigenvalue weighted by Crippen LogP contribution is -2.16. The number of hydrogen-bond acceptors (Lipinski definition) is 5. The van der Waals surface area contributed by atoms with E-state index in [1.54, 1.807) is 0 Å². The van der Waals surface area contributed by atoms with Crippen molar-refractivity contribution in [2.45, 2.75) is 6.42 Å². The van der Waals surface area contributed by atoms with Gasteiger partial charge in [0.2, 0.25) is 5.91 Å². The van der Waals surface area contributed by atoms with Gasteiger partial charge in [0.1, 0.15) is 0 Å². The van der Waals surface area contributed by atoms with Crippen molar-refractivity contribution in [2.24, 2.45) is 0 Å². The molecule has 0 bridgehead atoms. The molecule has 2 N–H and O–H groups in total. The SMILES string of the molecule is COCCC(=O)Nc1cc(OC)c(OC)cc1C(=O)O. The van der Waals surface area contributed by atoms with Crippen LogP contribution in [0.5, 0.6) is 11.5 Å². The molecule has 110 valence electrons. The van der Waals surface area contributed by atoms with E-state index < -0.39 is 5.97 Å². The molecular formula is C13H17NO6. The number of ether oxygens (including phenoxy) is 3. The van der Waals surface area contributed by atoms with Gasteiger partial charge in [0.25, 0.3) is 0 Å². The minimum absolute atomic E-state index is 0.0755. The lowest BCUT2D eigenvalue weighted by Gasteiger charge is -2.13. The molecule has 1 aromatic rings. The van der Waals surface area contributed by atoms with Gasteiger partial charge in [-0.2, -0.15) is 0 Å². The van der Waals surface area contributed by atoms with Crippen LogP contribution in [0.3, 0.4) is 0 Å². The molecule has 0 aliphatic carbocycles. The Bertz CT molecular complexity index is 500. The van der Waals surface area contributed by atoms with E-state index in [1.807, 2.05) is 0 Å². The van der Waals surface area contributed by atoms with E-state index in [4.69, 9.17) is 19.3 Å². The quantitative estimate of drug-likeness (QED) is 0.785. The van der Waals surface area contributed by atoms with Crippen molar-refractivity contribution >= 4 is 17.6 Å². The van der Waals surface area contributed by atoms with Gasteiger partial charge >= 0.3 is 5.97 Å². The topological polar surface area (TPSA) is 94.1 Å². The Morgan fingerprint density at radius 3 is 2.25 bits per heavy atom. The molecule has 0 saturated heterocycles. The van der Waals surface area contributed by atoms with Crippen LogP contribution in [0.15, 0.2) is 12.1 Å². The number of carboxylic acids is 1. The Hall–Kier alpha value is -2.28. The number of carboxylic acid groups (broad SMARTS) is 1. The summed E-state index contributed by atoms with van der Waals surface area (Å²) >= 11 is 0. The largest absolute Gasteiger partial charge is 0.493 e. The number of methoxy groups -OCH3 is 3. The highest BCUT2D eigenvalue weighted by Crippen LogP contribution is 2.33. The van der Waals surface area contributed by atoms with Gasteiger partial charge in [0.05, 0.1) is 38.5 Å². The van der Waals surface area contributed by atoms with Gasteiger partial charge in [-0.15, -0.1) is 0 Å². The third-order valence-corrected chi connectivity index (χ3v) is 2.56. The first kappa shape index (κ1) is 15.8. The van der Waals surface area contributed by atoms with E-state index in [2.05, 4.69) is 5.32 Å². The third kappa shape index (κ3) is 3.86. The van der Waals surface area contributed by atoms with Crippen LogP contribution in [0.1, 0.15) is 16.8 Å². The predicted octanol–water partition coefficient (Wildman–Crippen LogP) is 1.38. The monoisotopic (exact) mass is 283 g/mol. The molecule has 0 fully saturated rings. The molecule has 20 heavy (non-hydrogen) atoms. The number of carbonyl (C=O) groups excluding carboxylic acids is 1. The van der Waals surface area contributed by atoms with E-state index in [0.717, 1.165) is 0 Å². The smallest absolute Gasteiger partial charge is 0.337 e. The fourth-order valence-corrected chi connectivity index (χ4v) is 1.57. The lowest BCUT2D eigenvalue weighted by molar-refractivity contribution is -0.117. The number of carbonyl (C=O) groups is 2. The van der Waals surface area contributed by atoms with E-state index in [0.29, 0.717) is 5.75 Å². The van der Waals surface area contributed by atoms with Crippen molar-refractivity contribution in [3.8, 4) is 11.5 Å². The highest BCUT2D eigenvalue weighted by Gasteiger charge is 2.17. The molecule has 0 radical (unpaired) electrons. The number of benzene rings is 1. The molecule has 1 aromatic carbocycles. The second-order valence-corrected chi connectivity index (χ2v) is 3.85. The predicted molar refractivity (Wildman–Crippen MR) is 71.6 cm³/mol. The molecule has 0 unspecified atom stereocenters. The standard InChI is InChI=1S/C13H17NO6/c1-18-5-4-12(15)14-9-7-11(20-3)10(19-2)6-8(9)13(16)17/h6-7H,4-5H2,1-3H3,(H,14,15)(H,16,17). The highest BCUT2D eigenvalue weighted by molar-refractivity contribution is 6.01. The zero-order valence-corrected chi connectivity index (χ0v) is 11.6. The normalized spacial score (nSPS) is 9.95. The van der Waals surface area contributed by atoms with Crippen LogP contribution >= 0.6 is 0 Å². The molecule has 0 aromatic heterocycles. The van der Waals surface area contributed by atoms with Crippen LogP contribution in [0.25, 0.3) is 0 Å². The van der Waals surface area contributed by atoms with Crippen molar-refractivity contribution in [1.29, 1.82) is 0 Å². The molecule has 0 aliphatic heterocycles. The summed E-state index contributed by atoms with van der Waals surface area (Å²) in [6.45, 7) is 0.252. The number of rotatable bonds is 7. The van der Waals surface area contributed by atoms with Crippen LogP contribution in [-0.2, 0) is 9.53 Å². The Labute approximate surface area is 116 Å². The van der Waals surface area contributed by atoms with Gasteiger partial charge in [0, 0.05) is 19.2 Å². The first-order valence-electron chi connectivity index (χ1n) is 5.81. The molecular weight excluding hydrogens is 266 g/mol. The number of anilines is 1. The van der Waals surface area contributed by atoms with Crippen LogP contribution in [-0.4, -0.2) is 44.9 Å². The summed E-state index contributed by atoms with van der Waals surface area (Å²) in [6.07, 6.45) is 0.129. The fourth-order valence-electron chi connectivity index (χ4n) is 1.57. The molecule has 1 rings (SSSR count). The summed E-state index contributed by atoms with van der Waals surface area (Å²) in [5.74, 6) is -0.908. The van der Waals surface area contributed by atoms with Gasteiger partial charge in [-0.1, -0.05) is 0 Å². The van der Waals surface area contributed by atoms with E-state index in [1.165, 1.54) is 33.5 Å². The lowest BCUT2D eigenvalue weighted by atomic mass is 10.1. The van der Waals surface area contributed by atoms with Crippen LogP contribution < -0.4 is 14.8 Å². The maximum Gasteiger partial charge on any atom is 0.337 e. The first-order chi connectivity index (χ1) is 9.53. The van der Waals surface area contributed by atoms with Gasteiger partial charge in [-0.05, 0) is 0 Å². The molecule has 0 spiro atoms. The van der Waals surface area contributed by atoms with Gasteiger partial charge in [0.15, 0.2) is 11.5 Å². The molecule has 0 atom stereocenters. The summed E-state index contributed by atoms with van der Waals surface area (Å²) in [6, 6.07) is 2.71. The van der Waals surface area contributed by atoms with E-state index in [-0.39, 0.29) is 35.9 Å². The van der Waals surface area contributed by atoms with Gasteiger partial charge < -0.3 is 24.6 Å². The van der Waals surface area contributed by atoms with Crippen LogP contribution in [0, 0.1) is 0 Å². The number of nitrogens with one attached hydrogen (secondary N) is 1. The van der Waals surface area contributed by atoms with E-state index in [9.17, 15) is 9.59 Å². The minimum Gasteiger partial charge on any atom is -0.493 e. The Morgan fingerprint density at radius 1 is 1.15 bits per heavy atom. The molecule has 7 heteroatoms. The highest BCUT2D eigenvalue weighted by atomic mass is 16.5. The molecule has 0 saturated carbocycles. The Kier molecular flexibility index (Phi) is 5.79. The summed E-state index contributed by atoms with van der Waals surface area (Å²) in [4.78, 5) is 22.9. The van der Waals surface area contributed by atoms with Crippen molar-refractivity contribution < 1.29 is 28.9 Å². The van der Waals surface area contributed by atoms with E-state index >= 15 is 0 Å². The molecule has 0 aliphatic rings. The van der Waals surface area contributed by atoms with Crippen molar-refractivity contribution in [2.75, 3.05) is 33.3 Å². The van der Waals surface area contributed by atoms with Crippen molar-refractivity contribution in [3.63, 3.8) is 0 Å². The van der Waals surface area contributed by atoms with Crippen molar-refractivity contribution in [1.82, 2.24) is 0 Å². The summed E-state index contributed by atoms with van der Waals surface area (Å²) < 4.78 is 14.9. The van der Waals surface area contributed by atoms with Gasteiger partial charge in [-0.25, -0.2) is 4.79 Å². The maximum atomic E-state index is 11.6. The summed E-state index contributed by atoms with van der Waals surface area (Å²) in [7, 11) is 4.31. The third-order valence-electron chi connectivity index (χ3n) is 2.56. The average Bonchev–Trinajstić information content (AvgIpc) is 2.44. The summed E-state index contributed by atoms with van der Waals surface area (Å²) in [5.41, 5.74) is 0.0738. The second-order valence-electron chi connectivity index (χ2n) is 3.85. The number of amides is 1. The van der Waals surface area contributed by atoms with Crippen molar-refractivity contribution in [3.05, 3.63) is 17.7 Å². The Balaban J connectivity index is 3.09. The fraction of sp³-hybridized carbons (Fsp3) is 0.385. The zero-order valence-electron chi connectivity index (χ0n) is 11.6. The Morgan fingerprint density at radius 2 is 1.75 bits per heavy atom. The van der Waals surface area contributed by atoms with Crippen LogP contribution in [0.2, 0.25) is 0 Å². The zero-order chi connectivity index (χ0) is 15.1. The molecule has 1 amide bonds. The number of aromatic carboxylic acids is 1. The molecule has 0 heterocycles. The minimum atomic E-state index is -1.17. The maximum absolute atomic E-state index is 11.6. The van der Waals surface area contributed by atoms with Crippen LogP contribution in [0.4, 0.5) is 5.69 Å². The second kappa shape index (κ2) is 7.34. The average molecular weight is 283 g/mol.